The highest BCUT2D eigenvalue weighted by Crippen LogP contribution is 2.18. The average Bonchev–Trinajstić information content (AvgIpc) is 2.85. The molecule has 1 aliphatic rings. The normalized spacial score (nSPS) is 19.8. The fourth-order valence-corrected chi connectivity index (χ4v) is 3.67. The van der Waals surface area contributed by atoms with Gasteiger partial charge in [0.15, 0.2) is 5.96 Å². The zero-order valence-electron chi connectivity index (χ0n) is 15.7. The van der Waals surface area contributed by atoms with Crippen LogP contribution in [-0.2, 0) is 13.6 Å². The van der Waals surface area contributed by atoms with E-state index in [1.54, 1.807) is 0 Å². The smallest absolute Gasteiger partial charge is 0.193 e. The van der Waals surface area contributed by atoms with Crippen molar-refractivity contribution in [1.82, 2.24) is 19.7 Å². The number of nitrogens with zero attached hydrogens (tertiary/aromatic N) is 4. The third-order valence-corrected chi connectivity index (χ3v) is 5.08. The molecule has 1 aromatic rings. The highest BCUT2D eigenvalue weighted by molar-refractivity contribution is 6.30. The molecule has 0 aliphatic carbocycles. The molecule has 24 heavy (non-hydrogen) atoms. The van der Waals surface area contributed by atoms with Crippen molar-refractivity contribution in [2.24, 2.45) is 18.0 Å². The van der Waals surface area contributed by atoms with Crippen LogP contribution < -0.4 is 5.32 Å². The summed E-state index contributed by atoms with van der Waals surface area (Å²) in [7, 11) is 5.93. The number of piperidine rings is 1. The first-order valence-electron chi connectivity index (χ1n) is 8.87. The van der Waals surface area contributed by atoms with Gasteiger partial charge >= 0.3 is 0 Å². The van der Waals surface area contributed by atoms with E-state index < -0.39 is 0 Å². The van der Waals surface area contributed by atoms with E-state index in [0.29, 0.717) is 12.0 Å². The summed E-state index contributed by atoms with van der Waals surface area (Å²) in [6, 6.07) is 2.64. The van der Waals surface area contributed by atoms with Gasteiger partial charge in [-0.05, 0) is 45.2 Å². The number of likely N-dealkylation sites (tertiary alicyclic amines) is 1. The molecule has 5 nitrogen and oxygen atoms in total. The maximum Gasteiger partial charge on any atom is 0.193 e. The van der Waals surface area contributed by atoms with Crippen LogP contribution in [0.15, 0.2) is 17.3 Å². The van der Waals surface area contributed by atoms with E-state index in [0.717, 1.165) is 24.1 Å². The first-order chi connectivity index (χ1) is 11.4. The number of rotatable bonds is 5. The zero-order valence-corrected chi connectivity index (χ0v) is 16.5. The molecule has 2 heterocycles. The Hall–Kier alpha value is -1.20. The van der Waals surface area contributed by atoms with Crippen LogP contribution in [0.5, 0.6) is 0 Å². The number of guanidine groups is 1. The van der Waals surface area contributed by atoms with Gasteiger partial charge in [0.1, 0.15) is 0 Å². The molecule has 1 saturated heterocycles. The van der Waals surface area contributed by atoms with Gasteiger partial charge in [0.25, 0.3) is 0 Å². The van der Waals surface area contributed by atoms with Gasteiger partial charge in [-0.1, -0.05) is 11.6 Å². The van der Waals surface area contributed by atoms with Gasteiger partial charge in [0, 0.05) is 52.2 Å². The molecular formula is C18H32ClN5. The van der Waals surface area contributed by atoms with E-state index in [1.807, 2.05) is 26.4 Å². The van der Waals surface area contributed by atoms with Crippen LogP contribution in [0.25, 0.3) is 0 Å². The first kappa shape index (κ1) is 19.1. The Morgan fingerprint density at radius 1 is 1.50 bits per heavy atom. The second kappa shape index (κ2) is 8.77. The lowest BCUT2D eigenvalue weighted by Crippen LogP contribution is -2.46. The second-order valence-corrected chi connectivity index (χ2v) is 7.58. The predicted molar refractivity (Wildman–Crippen MR) is 103 cm³/mol. The molecule has 0 aromatic carbocycles. The molecule has 1 unspecified atom stereocenters. The zero-order chi connectivity index (χ0) is 17.7. The van der Waals surface area contributed by atoms with Crippen LogP contribution in [0.2, 0.25) is 5.02 Å². The van der Waals surface area contributed by atoms with Crippen molar-refractivity contribution in [3.63, 3.8) is 0 Å². The standard InChI is InChI=1S/C18H32ClN5/c1-14(2)24-8-6-7-15(11-24)10-21-18(20-3)23(5)13-17-9-16(19)12-22(17)4/h9,12,14-15H,6-8,10-11,13H2,1-5H3,(H,20,21). The van der Waals surface area contributed by atoms with E-state index in [9.17, 15) is 0 Å². The van der Waals surface area contributed by atoms with Crippen molar-refractivity contribution in [2.45, 2.75) is 39.3 Å². The van der Waals surface area contributed by atoms with E-state index >= 15 is 0 Å². The lowest BCUT2D eigenvalue weighted by Gasteiger charge is -2.36. The minimum atomic E-state index is 0.636. The Morgan fingerprint density at radius 2 is 2.25 bits per heavy atom. The molecular weight excluding hydrogens is 322 g/mol. The summed E-state index contributed by atoms with van der Waals surface area (Å²) in [5.41, 5.74) is 1.18. The van der Waals surface area contributed by atoms with Crippen molar-refractivity contribution in [1.29, 1.82) is 0 Å². The van der Waals surface area contributed by atoms with E-state index in [2.05, 4.69) is 45.6 Å². The summed E-state index contributed by atoms with van der Waals surface area (Å²) in [5.74, 6) is 1.63. The quantitative estimate of drug-likeness (QED) is 0.653. The maximum atomic E-state index is 6.07. The molecule has 1 N–H and O–H groups in total. The fraction of sp³-hybridized carbons (Fsp3) is 0.722. The average molecular weight is 354 g/mol. The van der Waals surface area contributed by atoms with Crippen molar-refractivity contribution in [2.75, 3.05) is 33.7 Å². The van der Waals surface area contributed by atoms with Crippen LogP contribution in [0, 0.1) is 5.92 Å². The number of hydrogen-bond donors (Lipinski definition) is 1. The molecule has 1 aliphatic heterocycles. The Balaban J connectivity index is 1.86. The molecule has 1 atom stereocenters. The SMILES string of the molecule is CN=C(NCC1CCCN(C(C)C)C1)N(C)Cc1cc(Cl)cn1C. The Labute approximate surface area is 151 Å². The largest absolute Gasteiger partial charge is 0.356 e. The van der Waals surface area contributed by atoms with Gasteiger partial charge in [-0.25, -0.2) is 0 Å². The summed E-state index contributed by atoms with van der Waals surface area (Å²) in [4.78, 5) is 9.16. The number of halogens is 1. The molecule has 0 saturated carbocycles. The number of aromatic nitrogens is 1. The lowest BCUT2D eigenvalue weighted by molar-refractivity contribution is 0.140. The van der Waals surface area contributed by atoms with Gasteiger partial charge in [-0.2, -0.15) is 0 Å². The summed E-state index contributed by atoms with van der Waals surface area (Å²) in [6.45, 7) is 8.75. The van der Waals surface area contributed by atoms with Gasteiger partial charge in [0.2, 0.25) is 0 Å². The van der Waals surface area contributed by atoms with E-state index in [4.69, 9.17) is 11.6 Å². The Morgan fingerprint density at radius 3 is 2.83 bits per heavy atom. The van der Waals surface area contributed by atoms with Crippen LogP contribution in [0.4, 0.5) is 0 Å². The minimum Gasteiger partial charge on any atom is -0.356 e. The van der Waals surface area contributed by atoms with Gasteiger partial charge in [-0.15, -0.1) is 0 Å². The molecule has 2 rings (SSSR count). The molecule has 0 bridgehead atoms. The van der Waals surface area contributed by atoms with Crippen molar-refractivity contribution < 1.29 is 0 Å². The summed E-state index contributed by atoms with van der Waals surface area (Å²) >= 11 is 6.07. The molecule has 6 heteroatoms. The Bertz CT molecular complexity index is 552. The molecule has 0 spiro atoms. The monoisotopic (exact) mass is 353 g/mol. The van der Waals surface area contributed by atoms with Crippen molar-refractivity contribution in [3.05, 3.63) is 23.0 Å². The van der Waals surface area contributed by atoms with E-state index in [-0.39, 0.29) is 0 Å². The third kappa shape index (κ3) is 5.15. The Kier molecular flexibility index (Phi) is 6.99. The molecule has 1 fully saturated rings. The highest BCUT2D eigenvalue weighted by atomic mass is 35.5. The van der Waals surface area contributed by atoms with Crippen LogP contribution in [0.1, 0.15) is 32.4 Å². The van der Waals surface area contributed by atoms with Crippen molar-refractivity contribution in [3.8, 4) is 0 Å². The fourth-order valence-electron chi connectivity index (χ4n) is 3.39. The lowest BCUT2D eigenvalue weighted by atomic mass is 9.97. The number of nitrogens with one attached hydrogen (secondary N) is 1. The predicted octanol–water partition coefficient (Wildman–Crippen LogP) is 2.81. The molecule has 136 valence electrons. The summed E-state index contributed by atoms with van der Waals surface area (Å²) < 4.78 is 2.06. The number of aliphatic imine (C=N–C) groups is 1. The van der Waals surface area contributed by atoms with Gasteiger partial charge in [0.05, 0.1) is 11.6 Å². The van der Waals surface area contributed by atoms with Gasteiger partial charge < -0.3 is 19.7 Å². The molecule has 0 amide bonds. The van der Waals surface area contributed by atoms with Crippen LogP contribution >= 0.6 is 11.6 Å². The molecule has 1 aromatic heterocycles. The topological polar surface area (TPSA) is 35.8 Å². The van der Waals surface area contributed by atoms with Crippen molar-refractivity contribution >= 4 is 17.6 Å². The minimum absolute atomic E-state index is 0.636. The van der Waals surface area contributed by atoms with E-state index in [1.165, 1.54) is 31.6 Å². The maximum absolute atomic E-state index is 6.07. The highest BCUT2D eigenvalue weighted by Gasteiger charge is 2.22. The van der Waals surface area contributed by atoms with Crippen LogP contribution in [0.3, 0.4) is 0 Å². The third-order valence-electron chi connectivity index (χ3n) is 4.88. The van der Waals surface area contributed by atoms with Gasteiger partial charge in [-0.3, -0.25) is 4.99 Å². The summed E-state index contributed by atoms with van der Waals surface area (Å²) in [6.07, 6.45) is 4.52. The number of hydrogen-bond acceptors (Lipinski definition) is 2. The second-order valence-electron chi connectivity index (χ2n) is 7.14. The first-order valence-corrected chi connectivity index (χ1v) is 9.25. The number of aryl methyl sites for hydroxylation is 1. The summed E-state index contributed by atoms with van der Waals surface area (Å²) in [5, 5.41) is 4.33. The molecule has 0 radical (unpaired) electrons. The van der Waals surface area contributed by atoms with Crippen LogP contribution in [-0.4, -0.2) is 60.1 Å².